The van der Waals surface area contributed by atoms with E-state index in [0.717, 1.165) is 6.07 Å². The van der Waals surface area contributed by atoms with E-state index in [1.165, 1.54) is 0 Å². The van der Waals surface area contributed by atoms with E-state index in [9.17, 15) is 18.4 Å². The number of carboxylic acid groups (broad SMARTS) is 1. The number of nitrogens with one attached hydrogen (secondary N) is 1. The SMILES string of the molecule is CC(C)[C@@H](NC(=O)c1cc(F)c(F)cc1Br)C(=O)O. The molecule has 0 bridgehead atoms. The van der Waals surface area contributed by atoms with Gasteiger partial charge in [0.15, 0.2) is 11.6 Å². The minimum atomic E-state index is -1.19. The van der Waals surface area contributed by atoms with Gasteiger partial charge in [-0.25, -0.2) is 13.6 Å². The highest BCUT2D eigenvalue weighted by Gasteiger charge is 2.25. The number of hydrogen-bond donors (Lipinski definition) is 2. The van der Waals surface area contributed by atoms with Gasteiger partial charge in [0.25, 0.3) is 5.91 Å². The van der Waals surface area contributed by atoms with E-state index in [1.54, 1.807) is 13.8 Å². The lowest BCUT2D eigenvalue weighted by Gasteiger charge is -2.18. The average Bonchev–Trinajstić information content (AvgIpc) is 2.29. The Balaban J connectivity index is 3.01. The van der Waals surface area contributed by atoms with Crippen LogP contribution in [0.25, 0.3) is 0 Å². The second kappa shape index (κ2) is 6.10. The summed E-state index contributed by atoms with van der Waals surface area (Å²) in [5.41, 5.74) is -0.161. The molecule has 0 unspecified atom stereocenters. The van der Waals surface area contributed by atoms with Gasteiger partial charge in [-0.3, -0.25) is 4.79 Å². The molecular formula is C12H12BrF2NO3. The number of carbonyl (C=O) groups is 2. The maximum Gasteiger partial charge on any atom is 0.326 e. The Bertz CT molecular complexity index is 520. The third-order valence-corrected chi connectivity index (χ3v) is 3.13. The summed E-state index contributed by atoms with van der Waals surface area (Å²) in [6.45, 7) is 3.25. The zero-order valence-electron chi connectivity index (χ0n) is 10.2. The van der Waals surface area contributed by atoms with Crippen LogP contribution in [0.2, 0.25) is 0 Å². The van der Waals surface area contributed by atoms with E-state index in [4.69, 9.17) is 5.11 Å². The standard InChI is InChI=1S/C12H12BrF2NO3/c1-5(2)10(12(18)19)16-11(17)6-3-8(14)9(15)4-7(6)13/h3-5,10H,1-2H3,(H,16,17)(H,18,19)/t10-/m1/s1. The molecule has 1 atom stereocenters. The largest absolute Gasteiger partial charge is 0.480 e. The summed E-state index contributed by atoms with van der Waals surface area (Å²) in [5.74, 6) is -4.59. The quantitative estimate of drug-likeness (QED) is 0.831. The van der Waals surface area contributed by atoms with E-state index in [-0.39, 0.29) is 16.0 Å². The molecule has 0 spiro atoms. The average molecular weight is 336 g/mol. The van der Waals surface area contributed by atoms with Crippen LogP contribution in [-0.4, -0.2) is 23.0 Å². The van der Waals surface area contributed by atoms with Crippen LogP contribution < -0.4 is 5.32 Å². The summed E-state index contributed by atoms with van der Waals surface area (Å²) in [6.07, 6.45) is 0. The first-order chi connectivity index (χ1) is 8.73. The normalized spacial score (nSPS) is 12.3. The molecule has 19 heavy (non-hydrogen) atoms. The van der Waals surface area contributed by atoms with Crippen molar-refractivity contribution in [2.24, 2.45) is 5.92 Å². The van der Waals surface area contributed by atoms with E-state index in [2.05, 4.69) is 21.2 Å². The minimum absolute atomic E-state index is 0.0526. The lowest BCUT2D eigenvalue weighted by atomic mass is 10.0. The fraction of sp³-hybridized carbons (Fsp3) is 0.333. The van der Waals surface area contributed by atoms with Crippen LogP contribution in [0, 0.1) is 17.6 Å². The topological polar surface area (TPSA) is 66.4 Å². The number of carboxylic acids is 1. The maximum atomic E-state index is 13.1. The van der Waals surface area contributed by atoms with Crippen molar-refractivity contribution in [1.29, 1.82) is 0 Å². The molecule has 1 rings (SSSR count). The molecule has 0 radical (unpaired) electrons. The second-order valence-electron chi connectivity index (χ2n) is 4.28. The molecule has 1 aromatic rings. The zero-order valence-corrected chi connectivity index (χ0v) is 11.8. The summed E-state index contributed by atoms with van der Waals surface area (Å²) >= 11 is 2.93. The van der Waals surface area contributed by atoms with Gasteiger partial charge in [-0.1, -0.05) is 13.8 Å². The molecule has 2 N–H and O–H groups in total. The lowest BCUT2D eigenvalue weighted by molar-refractivity contribution is -0.140. The second-order valence-corrected chi connectivity index (χ2v) is 5.13. The van der Waals surface area contributed by atoms with Crippen LogP contribution in [0.5, 0.6) is 0 Å². The minimum Gasteiger partial charge on any atom is -0.480 e. The Hall–Kier alpha value is -1.50. The Labute approximate surface area is 116 Å². The van der Waals surface area contributed by atoms with Crippen molar-refractivity contribution in [3.05, 3.63) is 33.8 Å². The van der Waals surface area contributed by atoms with Crippen LogP contribution in [0.15, 0.2) is 16.6 Å². The Morgan fingerprint density at radius 2 is 1.79 bits per heavy atom. The molecule has 0 aromatic heterocycles. The van der Waals surface area contributed by atoms with Crippen molar-refractivity contribution < 1.29 is 23.5 Å². The van der Waals surface area contributed by atoms with Gasteiger partial charge in [-0.15, -0.1) is 0 Å². The summed E-state index contributed by atoms with van der Waals surface area (Å²) in [7, 11) is 0. The van der Waals surface area contributed by atoms with Crippen molar-refractivity contribution in [1.82, 2.24) is 5.32 Å². The molecule has 0 aliphatic heterocycles. The van der Waals surface area contributed by atoms with Crippen LogP contribution in [0.1, 0.15) is 24.2 Å². The summed E-state index contributed by atoms with van der Waals surface area (Å²) < 4.78 is 26.0. The van der Waals surface area contributed by atoms with Crippen LogP contribution in [0.4, 0.5) is 8.78 Å². The number of amides is 1. The predicted molar refractivity (Wildman–Crippen MR) is 67.8 cm³/mol. The molecule has 0 fully saturated rings. The zero-order chi connectivity index (χ0) is 14.7. The van der Waals surface area contributed by atoms with Gasteiger partial charge in [0, 0.05) is 4.47 Å². The van der Waals surface area contributed by atoms with E-state index in [1.807, 2.05) is 0 Å². The fourth-order valence-electron chi connectivity index (χ4n) is 1.43. The monoisotopic (exact) mass is 335 g/mol. The van der Waals surface area contributed by atoms with Crippen LogP contribution in [0.3, 0.4) is 0 Å². The number of aliphatic carboxylic acids is 1. The maximum absolute atomic E-state index is 13.1. The predicted octanol–water partition coefficient (Wildman–Crippen LogP) is 2.57. The number of benzene rings is 1. The molecule has 1 aromatic carbocycles. The van der Waals surface area contributed by atoms with Crippen molar-refractivity contribution in [2.75, 3.05) is 0 Å². The smallest absolute Gasteiger partial charge is 0.326 e. The number of carbonyl (C=O) groups excluding carboxylic acids is 1. The van der Waals surface area contributed by atoms with Crippen molar-refractivity contribution in [3.63, 3.8) is 0 Å². The van der Waals surface area contributed by atoms with Gasteiger partial charge < -0.3 is 10.4 Å². The highest BCUT2D eigenvalue weighted by atomic mass is 79.9. The van der Waals surface area contributed by atoms with Gasteiger partial charge in [0.05, 0.1) is 5.56 Å². The first-order valence-corrected chi connectivity index (χ1v) is 6.21. The Morgan fingerprint density at radius 3 is 2.26 bits per heavy atom. The number of rotatable bonds is 4. The number of hydrogen-bond acceptors (Lipinski definition) is 2. The van der Waals surface area contributed by atoms with E-state index in [0.29, 0.717) is 6.07 Å². The lowest BCUT2D eigenvalue weighted by Crippen LogP contribution is -2.44. The van der Waals surface area contributed by atoms with Crippen LogP contribution in [-0.2, 0) is 4.79 Å². The van der Waals surface area contributed by atoms with Gasteiger partial charge in [-0.2, -0.15) is 0 Å². The molecule has 0 aliphatic carbocycles. The molecule has 0 heterocycles. The Morgan fingerprint density at radius 1 is 1.26 bits per heavy atom. The summed E-state index contributed by atoms with van der Waals surface area (Å²) in [6, 6.07) is 0.427. The molecule has 0 saturated heterocycles. The molecule has 0 saturated carbocycles. The van der Waals surface area contributed by atoms with E-state index >= 15 is 0 Å². The fourth-order valence-corrected chi connectivity index (χ4v) is 1.92. The molecular weight excluding hydrogens is 324 g/mol. The van der Waals surface area contributed by atoms with Gasteiger partial charge in [0.2, 0.25) is 0 Å². The van der Waals surface area contributed by atoms with Gasteiger partial charge >= 0.3 is 5.97 Å². The third-order valence-electron chi connectivity index (χ3n) is 2.47. The molecule has 104 valence electrons. The number of halogens is 3. The molecule has 7 heteroatoms. The summed E-state index contributed by atoms with van der Waals surface area (Å²) in [5, 5.41) is 11.2. The highest BCUT2D eigenvalue weighted by Crippen LogP contribution is 2.21. The van der Waals surface area contributed by atoms with Crippen LogP contribution >= 0.6 is 15.9 Å². The summed E-state index contributed by atoms with van der Waals surface area (Å²) in [4.78, 5) is 22.8. The van der Waals surface area contributed by atoms with Gasteiger partial charge in [0.1, 0.15) is 6.04 Å². The molecule has 0 aliphatic rings. The molecule has 4 nitrogen and oxygen atoms in total. The first-order valence-electron chi connectivity index (χ1n) is 5.42. The molecule has 1 amide bonds. The highest BCUT2D eigenvalue weighted by molar-refractivity contribution is 9.10. The Kier molecular flexibility index (Phi) is 4.99. The van der Waals surface area contributed by atoms with E-state index < -0.39 is 29.6 Å². The van der Waals surface area contributed by atoms with Crippen molar-refractivity contribution >= 4 is 27.8 Å². The van der Waals surface area contributed by atoms with Gasteiger partial charge in [-0.05, 0) is 34.0 Å². The van der Waals surface area contributed by atoms with Crippen molar-refractivity contribution in [2.45, 2.75) is 19.9 Å². The third kappa shape index (κ3) is 3.73. The van der Waals surface area contributed by atoms with Crippen molar-refractivity contribution in [3.8, 4) is 0 Å². The first kappa shape index (κ1) is 15.6.